The molecular weight excluding hydrogens is 270 g/mol. The summed E-state index contributed by atoms with van der Waals surface area (Å²) in [5, 5.41) is 3.33. The van der Waals surface area contributed by atoms with E-state index in [1.54, 1.807) is 0 Å². The molecule has 0 spiro atoms. The summed E-state index contributed by atoms with van der Waals surface area (Å²) in [4.78, 5) is 11.5. The lowest BCUT2D eigenvalue weighted by Gasteiger charge is -2.31. The molecule has 110 valence electrons. The largest absolute Gasteiger partial charge is 0.388 e. The molecule has 3 N–H and O–H groups in total. The van der Waals surface area contributed by atoms with Gasteiger partial charge in [0.1, 0.15) is 10.7 Å². The van der Waals surface area contributed by atoms with Crippen LogP contribution < -0.4 is 11.1 Å². The van der Waals surface area contributed by atoms with Gasteiger partial charge in [-0.15, -0.1) is 0 Å². The standard InChI is InChI=1S/C14H23N5S/c1-3-19-6-4-11(5-7-19)9-16-14-17-10(2)8-12(18-14)13(15)20/h8,11H,3-7,9H2,1-2H3,(H2,15,20)(H,16,17,18). The van der Waals surface area contributed by atoms with Gasteiger partial charge < -0.3 is 16.0 Å². The lowest BCUT2D eigenvalue weighted by molar-refractivity contribution is 0.198. The molecule has 0 unspecified atom stereocenters. The number of nitrogens with two attached hydrogens (primary N) is 1. The second-order valence-electron chi connectivity index (χ2n) is 5.34. The van der Waals surface area contributed by atoms with Crippen molar-refractivity contribution in [2.45, 2.75) is 26.7 Å². The molecule has 2 heterocycles. The summed E-state index contributed by atoms with van der Waals surface area (Å²) in [6.45, 7) is 8.59. The van der Waals surface area contributed by atoms with Crippen LogP contribution in [0, 0.1) is 12.8 Å². The summed E-state index contributed by atoms with van der Waals surface area (Å²) >= 11 is 4.97. The van der Waals surface area contributed by atoms with Crippen molar-refractivity contribution in [2.75, 3.05) is 31.5 Å². The van der Waals surface area contributed by atoms with Crippen LogP contribution in [0.15, 0.2) is 6.07 Å². The van der Waals surface area contributed by atoms with Crippen molar-refractivity contribution in [1.82, 2.24) is 14.9 Å². The van der Waals surface area contributed by atoms with Crippen LogP contribution in [0.4, 0.5) is 5.95 Å². The number of hydrogen-bond acceptors (Lipinski definition) is 5. The van der Waals surface area contributed by atoms with Gasteiger partial charge in [-0.25, -0.2) is 9.97 Å². The topological polar surface area (TPSA) is 67.1 Å². The number of hydrogen-bond donors (Lipinski definition) is 2. The maximum atomic E-state index is 5.63. The molecule has 1 aromatic heterocycles. The molecule has 5 nitrogen and oxygen atoms in total. The maximum Gasteiger partial charge on any atom is 0.223 e. The van der Waals surface area contributed by atoms with Crippen LogP contribution in [0.1, 0.15) is 31.2 Å². The smallest absolute Gasteiger partial charge is 0.223 e. The minimum atomic E-state index is 0.315. The average Bonchev–Trinajstić information content (AvgIpc) is 2.45. The first kappa shape index (κ1) is 15.1. The molecule has 0 atom stereocenters. The first-order valence-corrected chi connectivity index (χ1v) is 7.61. The minimum absolute atomic E-state index is 0.315. The van der Waals surface area contributed by atoms with Crippen LogP contribution in [-0.4, -0.2) is 46.0 Å². The molecule has 6 heteroatoms. The third-order valence-corrected chi connectivity index (χ3v) is 4.02. The number of thiocarbonyl (C=S) groups is 1. The van der Waals surface area contributed by atoms with Gasteiger partial charge in [-0.1, -0.05) is 19.1 Å². The molecule has 1 aromatic rings. The van der Waals surface area contributed by atoms with Crippen molar-refractivity contribution in [3.8, 4) is 0 Å². The van der Waals surface area contributed by atoms with Gasteiger partial charge in [-0.3, -0.25) is 0 Å². The molecule has 0 saturated carbocycles. The lowest BCUT2D eigenvalue weighted by atomic mass is 9.97. The van der Waals surface area contributed by atoms with Gasteiger partial charge in [0.15, 0.2) is 0 Å². The summed E-state index contributed by atoms with van der Waals surface area (Å²) in [5.74, 6) is 1.32. The van der Waals surface area contributed by atoms with Crippen LogP contribution in [0.5, 0.6) is 0 Å². The van der Waals surface area contributed by atoms with Crippen molar-refractivity contribution in [3.05, 3.63) is 17.5 Å². The van der Waals surface area contributed by atoms with Gasteiger partial charge in [0.25, 0.3) is 0 Å². The molecule has 0 aliphatic carbocycles. The Bertz CT molecular complexity index is 469. The van der Waals surface area contributed by atoms with E-state index in [0.29, 0.717) is 22.5 Å². The second-order valence-corrected chi connectivity index (χ2v) is 5.78. The Balaban J connectivity index is 1.89. The van der Waals surface area contributed by atoms with E-state index in [4.69, 9.17) is 18.0 Å². The summed E-state index contributed by atoms with van der Waals surface area (Å²) < 4.78 is 0. The van der Waals surface area contributed by atoms with E-state index in [9.17, 15) is 0 Å². The number of aromatic nitrogens is 2. The predicted octanol–water partition coefficient (Wildman–Crippen LogP) is 1.56. The third-order valence-electron chi connectivity index (χ3n) is 3.81. The number of nitrogens with one attached hydrogen (secondary N) is 1. The Labute approximate surface area is 126 Å². The van der Waals surface area contributed by atoms with Gasteiger partial charge >= 0.3 is 0 Å². The highest BCUT2D eigenvalue weighted by atomic mass is 32.1. The number of rotatable bonds is 5. The summed E-state index contributed by atoms with van der Waals surface area (Å²) in [6, 6.07) is 1.81. The molecule has 1 saturated heterocycles. The second kappa shape index (κ2) is 6.95. The third kappa shape index (κ3) is 4.11. The van der Waals surface area contributed by atoms with Gasteiger partial charge in [-0.2, -0.15) is 0 Å². The van der Waals surface area contributed by atoms with Gasteiger partial charge in [0.2, 0.25) is 5.95 Å². The minimum Gasteiger partial charge on any atom is -0.388 e. The predicted molar refractivity (Wildman–Crippen MR) is 86.0 cm³/mol. The van der Waals surface area contributed by atoms with E-state index in [-0.39, 0.29) is 0 Å². The van der Waals surface area contributed by atoms with Crippen molar-refractivity contribution in [2.24, 2.45) is 11.7 Å². The van der Waals surface area contributed by atoms with Crippen molar-refractivity contribution >= 4 is 23.2 Å². The highest BCUT2D eigenvalue weighted by molar-refractivity contribution is 7.80. The Morgan fingerprint density at radius 1 is 1.45 bits per heavy atom. The molecular formula is C14H23N5S. The first-order valence-electron chi connectivity index (χ1n) is 7.20. The maximum absolute atomic E-state index is 5.63. The average molecular weight is 293 g/mol. The number of piperidine rings is 1. The molecule has 0 bridgehead atoms. The molecule has 2 rings (SSSR count). The van der Waals surface area contributed by atoms with E-state index < -0.39 is 0 Å². The molecule has 20 heavy (non-hydrogen) atoms. The van der Waals surface area contributed by atoms with Gasteiger partial charge in [0.05, 0.1) is 0 Å². The summed E-state index contributed by atoms with van der Waals surface area (Å²) in [5.41, 5.74) is 7.14. The fraction of sp³-hybridized carbons (Fsp3) is 0.643. The van der Waals surface area contributed by atoms with E-state index in [0.717, 1.165) is 18.8 Å². The van der Waals surface area contributed by atoms with E-state index >= 15 is 0 Å². The van der Waals surface area contributed by atoms with Crippen molar-refractivity contribution in [3.63, 3.8) is 0 Å². The Morgan fingerprint density at radius 2 is 2.15 bits per heavy atom. The van der Waals surface area contributed by atoms with E-state index in [1.807, 2.05) is 13.0 Å². The normalized spacial score (nSPS) is 17.1. The Hall–Kier alpha value is -1.27. The van der Waals surface area contributed by atoms with Crippen LogP contribution in [0.25, 0.3) is 0 Å². The van der Waals surface area contributed by atoms with E-state index in [2.05, 4.69) is 27.1 Å². The summed E-state index contributed by atoms with van der Waals surface area (Å²) in [7, 11) is 0. The highest BCUT2D eigenvalue weighted by Crippen LogP contribution is 2.17. The van der Waals surface area contributed by atoms with Crippen LogP contribution in [0.2, 0.25) is 0 Å². The molecule has 0 amide bonds. The molecule has 0 radical (unpaired) electrons. The number of anilines is 1. The number of aryl methyl sites for hydroxylation is 1. The van der Waals surface area contributed by atoms with Crippen molar-refractivity contribution in [1.29, 1.82) is 0 Å². The fourth-order valence-electron chi connectivity index (χ4n) is 2.52. The zero-order chi connectivity index (χ0) is 14.5. The quantitative estimate of drug-likeness (QED) is 0.803. The molecule has 0 aromatic carbocycles. The SMILES string of the molecule is CCN1CCC(CNc2nc(C)cc(C(N)=S)n2)CC1. The van der Waals surface area contributed by atoms with Crippen LogP contribution in [-0.2, 0) is 0 Å². The zero-order valence-corrected chi connectivity index (χ0v) is 13.0. The molecule has 1 aliphatic heterocycles. The first-order chi connectivity index (χ1) is 9.58. The Kier molecular flexibility index (Phi) is 5.25. The van der Waals surface area contributed by atoms with Gasteiger partial charge in [-0.05, 0) is 51.4 Å². The number of likely N-dealkylation sites (tertiary alicyclic amines) is 1. The number of nitrogens with zero attached hydrogens (tertiary/aromatic N) is 3. The summed E-state index contributed by atoms with van der Waals surface area (Å²) in [6.07, 6.45) is 2.46. The van der Waals surface area contributed by atoms with Crippen LogP contribution >= 0.6 is 12.2 Å². The monoisotopic (exact) mass is 293 g/mol. The zero-order valence-electron chi connectivity index (χ0n) is 12.2. The van der Waals surface area contributed by atoms with Crippen LogP contribution in [0.3, 0.4) is 0 Å². The van der Waals surface area contributed by atoms with E-state index in [1.165, 1.54) is 25.9 Å². The van der Waals surface area contributed by atoms with Gasteiger partial charge in [0, 0.05) is 12.2 Å². The fourth-order valence-corrected chi connectivity index (χ4v) is 2.62. The molecule has 1 fully saturated rings. The lowest BCUT2D eigenvalue weighted by Crippen LogP contribution is -2.35. The highest BCUT2D eigenvalue weighted by Gasteiger charge is 2.18. The Morgan fingerprint density at radius 3 is 2.75 bits per heavy atom. The van der Waals surface area contributed by atoms with Crippen molar-refractivity contribution < 1.29 is 0 Å². The molecule has 1 aliphatic rings.